The molecule has 20 heavy (non-hydrogen) atoms. The van der Waals surface area contributed by atoms with Crippen molar-refractivity contribution >= 4 is 29.3 Å². The summed E-state index contributed by atoms with van der Waals surface area (Å²) in [6.45, 7) is 3.57. The standard InChI is InChI=1S/C15H17NO3S/c1-3-12-14(11-7-5-4-6-8-11)16(10(2)15(18)19)13(17)9-20-12/h4-8,10H,3,9H2,1-2H3,(H,18,19). The molecule has 1 amide bonds. The number of carbonyl (C=O) groups excluding carboxylic acids is 1. The van der Waals surface area contributed by atoms with Gasteiger partial charge in [-0.05, 0) is 18.9 Å². The molecule has 1 heterocycles. The SMILES string of the molecule is CCC1=C(c2ccccc2)N(C(C)C(=O)O)C(=O)CS1. The van der Waals surface area contributed by atoms with Crippen LogP contribution in [0.4, 0.5) is 0 Å². The molecule has 1 aliphatic rings. The Hall–Kier alpha value is -1.75. The lowest BCUT2D eigenvalue weighted by atomic mass is 10.1. The molecule has 0 spiro atoms. The number of nitrogens with zero attached hydrogens (tertiary/aromatic N) is 1. The van der Waals surface area contributed by atoms with Crippen LogP contribution in [0.15, 0.2) is 35.2 Å². The van der Waals surface area contributed by atoms with Crippen LogP contribution < -0.4 is 0 Å². The summed E-state index contributed by atoms with van der Waals surface area (Å²) in [6.07, 6.45) is 0.783. The molecule has 1 aromatic carbocycles. The quantitative estimate of drug-likeness (QED) is 0.926. The predicted molar refractivity (Wildman–Crippen MR) is 80.1 cm³/mol. The summed E-state index contributed by atoms with van der Waals surface area (Å²) < 4.78 is 0. The van der Waals surface area contributed by atoms with Gasteiger partial charge in [-0.25, -0.2) is 4.79 Å². The number of rotatable bonds is 4. The predicted octanol–water partition coefficient (Wildman–Crippen LogP) is 2.81. The van der Waals surface area contributed by atoms with E-state index in [9.17, 15) is 14.7 Å². The molecular formula is C15H17NO3S. The molecule has 106 valence electrons. The lowest BCUT2D eigenvalue weighted by Gasteiger charge is -2.34. The highest BCUT2D eigenvalue weighted by molar-refractivity contribution is 8.04. The maximum atomic E-state index is 12.2. The number of carboxylic acid groups (broad SMARTS) is 1. The van der Waals surface area contributed by atoms with Gasteiger partial charge < -0.3 is 5.11 Å². The van der Waals surface area contributed by atoms with Gasteiger partial charge in [0.1, 0.15) is 6.04 Å². The molecule has 0 fully saturated rings. The Balaban J connectivity index is 2.56. The normalized spacial score (nSPS) is 17.3. The van der Waals surface area contributed by atoms with E-state index < -0.39 is 12.0 Å². The second-order valence-corrected chi connectivity index (χ2v) is 5.63. The third-order valence-electron chi connectivity index (χ3n) is 3.26. The van der Waals surface area contributed by atoms with Gasteiger partial charge in [0.2, 0.25) is 5.91 Å². The lowest BCUT2D eigenvalue weighted by Crippen LogP contribution is -2.44. The second kappa shape index (κ2) is 6.13. The van der Waals surface area contributed by atoms with Crippen LogP contribution >= 0.6 is 11.8 Å². The van der Waals surface area contributed by atoms with Crippen molar-refractivity contribution in [1.82, 2.24) is 4.90 Å². The number of carboxylic acids is 1. The molecule has 4 nitrogen and oxygen atoms in total. The van der Waals surface area contributed by atoms with Crippen LogP contribution in [-0.2, 0) is 9.59 Å². The van der Waals surface area contributed by atoms with E-state index in [1.54, 1.807) is 6.92 Å². The van der Waals surface area contributed by atoms with E-state index in [2.05, 4.69) is 0 Å². The van der Waals surface area contributed by atoms with Crippen LogP contribution in [0.1, 0.15) is 25.8 Å². The molecule has 0 radical (unpaired) electrons. The van der Waals surface area contributed by atoms with Crippen molar-refractivity contribution in [1.29, 1.82) is 0 Å². The van der Waals surface area contributed by atoms with Gasteiger partial charge in [-0.2, -0.15) is 0 Å². The van der Waals surface area contributed by atoms with E-state index in [1.807, 2.05) is 37.3 Å². The van der Waals surface area contributed by atoms with Crippen molar-refractivity contribution in [2.75, 3.05) is 5.75 Å². The molecule has 1 aliphatic heterocycles. The first-order chi connectivity index (χ1) is 9.56. The molecule has 0 saturated heterocycles. The molecule has 1 unspecified atom stereocenters. The van der Waals surface area contributed by atoms with Crippen LogP contribution in [0.2, 0.25) is 0 Å². The van der Waals surface area contributed by atoms with Gasteiger partial charge in [0.15, 0.2) is 0 Å². The van der Waals surface area contributed by atoms with Crippen molar-refractivity contribution in [2.24, 2.45) is 0 Å². The zero-order chi connectivity index (χ0) is 14.7. The molecule has 0 saturated carbocycles. The van der Waals surface area contributed by atoms with Gasteiger partial charge in [0, 0.05) is 4.91 Å². The molecule has 2 rings (SSSR count). The summed E-state index contributed by atoms with van der Waals surface area (Å²) in [5.74, 6) is -0.841. The van der Waals surface area contributed by atoms with Crippen LogP contribution in [0, 0.1) is 0 Å². The van der Waals surface area contributed by atoms with E-state index in [1.165, 1.54) is 16.7 Å². The minimum atomic E-state index is -0.992. The Morgan fingerprint density at radius 3 is 2.60 bits per heavy atom. The number of carbonyl (C=O) groups is 2. The summed E-state index contributed by atoms with van der Waals surface area (Å²) in [7, 11) is 0. The van der Waals surface area contributed by atoms with Gasteiger partial charge in [0.05, 0.1) is 11.4 Å². The van der Waals surface area contributed by atoms with Gasteiger partial charge in [-0.1, -0.05) is 37.3 Å². The molecular weight excluding hydrogens is 274 g/mol. The average Bonchev–Trinajstić information content (AvgIpc) is 2.47. The van der Waals surface area contributed by atoms with Crippen LogP contribution in [-0.4, -0.2) is 33.7 Å². The van der Waals surface area contributed by atoms with Crippen LogP contribution in [0.5, 0.6) is 0 Å². The first-order valence-corrected chi connectivity index (χ1v) is 7.51. The monoisotopic (exact) mass is 291 g/mol. The van der Waals surface area contributed by atoms with E-state index >= 15 is 0 Å². The fraction of sp³-hybridized carbons (Fsp3) is 0.333. The van der Waals surface area contributed by atoms with Crippen molar-refractivity contribution in [3.63, 3.8) is 0 Å². The summed E-state index contributed by atoms with van der Waals surface area (Å²) in [5, 5.41) is 9.25. The first kappa shape index (κ1) is 14.7. The first-order valence-electron chi connectivity index (χ1n) is 6.52. The number of allylic oxidation sites excluding steroid dienone is 1. The topological polar surface area (TPSA) is 57.6 Å². The highest BCUT2D eigenvalue weighted by Crippen LogP contribution is 2.37. The number of hydrogen-bond donors (Lipinski definition) is 1. The van der Waals surface area contributed by atoms with Crippen LogP contribution in [0.25, 0.3) is 5.70 Å². The molecule has 5 heteroatoms. The van der Waals surface area contributed by atoms with Gasteiger partial charge in [-0.15, -0.1) is 11.8 Å². The smallest absolute Gasteiger partial charge is 0.326 e. The molecule has 0 bridgehead atoms. The molecule has 1 N–H and O–H groups in total. The Morgan fingerprint density at radius 1 is 1.40 bits per heavy atom. The highest BCUT2D eigenvalue weighted by Gasteiger charge is 2.34. The summed E-state index contributed by atoms with van der Waals surface area (Å²) in [4.78, 5) is 26.0. The molecule has 0 aliphatic carbocycles. The number of amides is 1. The number of hydrogen-bond acceptors (Lipinski definition) is 3. The number of thioether (sulfide) groups is 1. The van der Waals surface area contributed by atoms with E-state index in [0.717, 1.165) is 22.6 Å². The van der Waals surface area contributed by atoms with Crippen molar-refractivity contribution in [3.05, 3.63) is 40.8 Å². The number of benzene rings is 1. The maximum Gasteiger partial charge on any atom is 0.326 e. The summed E-state index contributed by atoms with van der Waals surface area (Å²) in [6, 6.07) is 8.64. The number of aliphatic carboxylic acids is 1. The van der Waals surface area contributed by atoms with Gasteiger partial charge >= 0.3 is 5.97 Å². The van der Waals surface area contributed by atoms with E-state index in [4.69, 9.17) is 0 Å². The van der Waals surface area contributed by atoms with E-state index in [0.29, 0.717) is 5.75 Å². The maximum absolute atomic E-state index is 12.2. The largest absolute Gasteiger partial charge is 0.480 e. The Labute approximate surface area is 122 Å². The molecule has 1 aromatic rings. The fourth-order valence-electron chi connectivity index (χ4n) is 2.23. The fourth-order valence-corrected chi connectivity index (χ4v) is 3.23. The van der Waals surface area contributed by atoms with Gasteiger partial charge in [0.25, 0.3) is 0 Å². The third-order valence-corrected chi connectivity index (χ3v) is 4.48. The van der Waals surface area contributed by atoms with Crippen molar-refractivity contribution in [2.45, 2.75) is 26.3 Å². The second-order valence-electron chi connectivity index (χ2n) is 4.56. The van der Waals surface area contributed by atoms with Gasteiger partial charge in [-0.3, -0.25) is 9.69 Å². The molecule has 0 aromatic heterocycles. The minimum Gasteiger partial charge on any atom is -0.480 e. The lowest BCUT2D eigenvalue weighted by molar-refractivity contribution is -0.145. The zero-order valence-electron chi connectivity index (χ0n) is 11.5. The Morgan fingerprint density at radius 2 is 2.05 bits per heavy atom. The summed E-state index contributed by atoms with van der Waals surface area (Å²) in [5.41, 5.74) is 1.63. The highest BCUT2D eigenvalue weighted by atomic mass is 32.2. The summed E-state index contributed by atoms with van der Waals surface area (Å²) >= 11 is 1.50. The van der Waals surface area contributed by atoms with E-state index in [-0.39, 0.29) is 5.91 Å². The Kier molecular flexibility index (Phi) is 4.49. The average molecular weight is 291 g/mol. The zero-order valence-corrected chi connectivity index (χ0v) is 12.3. The van der Waals surface area contributed by atoms with Crippen LogP contribution in [0.3, 0.4) is 0 Å². The van der Waals surface area contributed by atoms with Crippen molar-refractivity contribution < 1.29 is 14.7 Å². The molecule has 1 atom stereocenters. The van der Waals surface area contributed by atoms with Crippen molar-refractivity contribution in [3.8, 4) is 0 Å². The Bertz CT molecular complexity index is 553. The third kappa shape index (κ3) is 2.72. The minimum absolute atomic E-state index is 0.152.